The summed E-state index contributed by atoms with van der Waals surface area (Å²) in [7, 11) is 0. The van der Waals surface area contributed by atoms with E-state index in [0.29, 0.717) is 6.42 Å². The predicted molar refractivity (Wildman–Crippen MR) is 77.5 cm³/mol. The number of halogens is 4. The number of alkyl halides is 3. The van der Waals surface area contributed by atoms with Crippen molar-refractivity contribution in [1.29, 1.82) is 0 Å². The van der Waals surface area contributed by atoms with Gasteiger partial charge in [-0.05, 0) is 37.8 Å². The van der Waals surface area contributed by atoms with Gasteiger partial charge in [0.15, 0.2) is 0 Å². The molecule has 0 heterocycles. The molecule has 1 aromatic rings. The van der Waals surface area contributed by atoms with Crippen LogP contribution in [0.25, 0.3) is 0 Å². The Hall–Kier alpha value is -0.550. The first-order valence-electron chi connectivity index (χ1n) is 6.95. The van der Waals surface area contributed by atoms with Crippen molar-refractivity contribution < 1.29 is 13.2 Å². The van der Waals surface area contributed by atoms with Gasteiger partial charge in [-0.25, -0.2) is 0 Å². The summed E-state index contributed by atoms with van der Waals surface area (Å²) < 4.78 is 39.4. The zero-order valence-corrected chi connectivity index (χ0v) is 13.0. The minimum Gasteiger partial charge on any atom is -0.307 e. The molecule has 0 aliphatic heterocycles. The van der Waals surface area contributed by atoms with Crippen LogP contribution in [0.2, 0.25) is 0 Å². The van der Waals surface area contributed by atoms with E-state index < -0.39 is 12.1 Å². The van der Waals surface area contributed by atoms with E-state index in [1.165, 1.54) is 0 Å². The predicted octanol–water partition coefficient (Wildman–Crippen LogP) is 5.22. The van der Waals surface area contributed by atoms with Crippen LogP contribution < -0.4 is 5.32 Å². The van der Waals surface area contributed by atoms with E-state index in [4.69, 9.17) is 0 Å². The van der Waals surface area contributed by atoms with Gasteiger partial charge in [0.25, 0.3) is 0 Å². The second-order valence-corrected chi connectivity index (χ2v) is 6.37. The van der Waals surface area contributed by atoms with E-state index >= 15 is 0 Å². The SMILES string of the molecule is CC(NC1CCCC(C(F)(F)F)C1)c1ccccc1Br. The van der Waals surface area contributed by atoms with Crippen LogP contribution in [-0.4, -0.2) is 12.2 Å². The molecule has 20 heavy (non-hydrogen) atoms. The van der Waals surface area contributed by atoms with Crippen LogP contribution in [-0.2, 0) is 0 Å². The monoisotopic (exact) mass is 349 g/mol. The molecular formula is C15H19BrF3N. The van der Waals surface area contributed by atoms with E-state index in [2.05, 4.69) is 21.2 Å². The molecule has 0 saturated heterocycles. The van der Waals surface area contributed by atoms with Crippen LogP contribution in [0.1, 0.15) is 44.2 Å². The van der Waals surface area contributed by atoms with Crippen molar-refractivity contribution in [3.63, 3.8) is 0 Å². The molecule has 1 aliphatic rings. The summed E-state index contributed by atoms with van der Waals surface area (Å²) in [6.45, 7) is 2.00. The molecule has 0 radical (unpaired) electrons. The molecule has 1 aliphatic carbocycles. The Labute approximate surface area is 126 Å². The van der Waals surface area contributed by atoms with E-state index in [1.54, 1.807) is 0 Å². The summed E-state index contributed by atoms with van der Waals surface area (Å²) in [4.78, 5) is 0. The van der Waals surface area contributed by atoms with Crippen LogP contribution in [0.4, 0.5) is 13.2 Å². The second-order valence-electron chi connectivity index (χ2n) is 5.51. The van der Waals surface area contributed by atoms with Crippen LogP contribution >= 0.6 is 15.9 Å². The van der Waals surface area contributed by atoms with E-state index in [9.17, 15) is 13.2 Å². The number of hydrogen-bond acceptors (Lipinski definition) is 1. The fraction of sp³-hybridized carbons (Fsp3) is 0.600. The van der Waals surface area contributed by atoms with Crippen molar-refractivity contribution in [3.05, 3.63) is 34.3 Å². The van der Waals surface area contributed by atoms with Crippen molar-refractivity contribution in [2.75, 3.05) is 0 Å². The molecule has 1 N–H and O–H groups in total. The Morgan fingerprint density at radius 3 is 2.60 bits per heavy atom. The summed E-state index contributed by atoms with van der Waals surface area (Å²) in [6.07, 6.45) is -2.13. The highest BCUT2D eigenvalue weighted by Gasteiger charge is 2.42. The molecule has 0 spiro atoms. The molecule has 1 saturated carbocycles. The van der Waals surface area contributed by atoms with Crippen LogP contribution in [0.15, 0.2) is 28.7 Å². The summed E-state index contributed by atoms with van der Waals surface area (Å²) in [5, 5.41) is 3.35. The molecule has 1 aromatic carbocycles. The van der Waals surface area contributed by atoms with Crippen molar-refractivity contribution in [3.8, 4) is 0 Å². The lowest BCUT2D eigenvalue weighted by Gasteiger charge is -2.33. The molecule has 1 nitrogen and oxygen atoms in total. The molecule has 0 aromatic heterocycles. The van der Waals surface area contributed by atoms with Gasteiger partial charge in [0.2, 0.25) is 0 Å². The standard InChI is InChI=1S/C15H19BrF3N/c1-10(13-7-2-3-8-14(13)16)20-12-6-4-5-11(9-12)15(17,18)19/h2-3,7-8,10-12,20H,4-6,9H2,1H3. The fourth-order valence-corrected chi connectivity index (χ4v) is 3.54. The number of nitrogens with one attached hydrogen (secondary N) is 1. The Morgan fingerprint density at radius 1 is 1.25 bits per heavy atom. The van der Waals surface area contributed by atoms with Gasteiger partial charge in [0, 0.05) is 16.6 Å². The van der Waals surface area contributed by atoms with Gasteiger partial charge in [0.1, 0.15) is 0 Å². The summed E-state index contributed by atoms with van der Waals surface area (Å²) in [5.41, 5.74) is 1.08. The third-order valence-corrected chi connectivity index (χ3v) is 4.72. The van der Waals surface area contributed by atoms with Gasteiger partial charge in [-0.2, -0.15) is 13.2 Å². The molecule has 0 bridgehead atoms. The Kier molecular flexibility index (Phi) is 5.13. The summed E-state index contributed by atoms with van der Waals surface area (Å²) in [5.74, 6) is -1.15. The molecule has 3 atom stereocenters. The Morgan fingerprint density at radius 2 is 1.95 bits per heavy atom. The minimum atomic E-state index is -4.06. The topological polar surface area (TPSA) is 12.0 Å². The lowest BCUT2D eigenvalue weighted by molar-refractivity contribution is -0.183. The van der Waals surface area contributed by atoms with Crippen molar-refractivity contribution >= 4 is 15.9 Å². The number of hydrogen-bond donors (Lipinski definition) is 1. The highest BCUT2D eigenvalue weighted by atomic mass is 79.9. The van der Waals surface area contributed by atoms with Gasteiger partial charge in [-0.3, -0.25) is 0 Å². The van der Waals surface area contributed by atoms with Gasteiger partial charge in [0.05, 0.1) is 5.92 Å². The average molecular weight is 350 g/mol. The maximum atomic E-state index is 12.8. The van der Waals surface area contributed by atoms with Gasteiger partial charge >= 0.3 is 6.18 Å². The Balaban J connectivity index is 1.98. The molecule has 1 fully saturated rings. The molecule has 3 unspecified atom stereocenters. The van der Waals surface area contributed by atoms with Crippen molar-refractivity contribution in [2.45, 2.75) is 50.9 Å². The van der Waals surface area contributed by atoms with Gasteiger partial charge < -0.3 is 5.32 Å². The smallest absolute Gasteiger partial charge is 0.307 e. The maximum Gasteiger partial charge on any atom is 0.391 e. The van der Waals surface area contributed by atoms with E-state index in [-0.39, 0.29) is 24.9 Å². The molecule has 0 amide bonds. The molecular weight excluding hydrogens is 331 g/mol. The number of benzene rings is 1. The first-order valence-corrected chi connectivity index (χ1v) is 7.74. The zero-order valence-electron chi connectivity index (χ0n) is 11.4. The van der Waals surface area contributed by atoms with Crippen LogP contribution in [0.5, 0.6) is 0 Å². The summed E-state index contributed by atoms with van der Waals surface area (Å²) in [6, 6.07) is 7.80. The van der Waals surface area contributed by atoms with Crippen molar-refractivity contribution in [1.82, 2.24) is 5.32 Å². The molecule has 2 rings (SSSR count). The molecule has 5 heteroatoms. The maximum absolute atomic E-state index is 12.8. The Bertz CT molecular complexity index is 447. The van der Waals surface area contributed by atoms with Crippen LogP contribution in [0, 0.1) is 5.92 Å². The third-order valence-electron chi connectivity index (χ3n) is 3.99. The lowest BCUT2D eigenvalue weighted by Crippen LogP contribution is -2.39. The van der Waals surface area contributed by atoms with E-state index in [1.807, 2.05) is 31.2 Å². The lowest BCUT2D eigenvalue weighted by atomic mass is 9.85. The van der Waals surface area contributed by atoms with Gasteiger partial charge in [-0.15, -0.1) is 0 Å². The highest BCUT2D eigenvalue weighted by molar-refractivity contribution is 9.10. The minimum absolute atomic E-state index is 0.0440. The normalized spacial score (nSPS) is 25.4. The first kappa shape index (κ1) is 15.8. The van der Waals surface area contributed by atoms with Crippen molar-refractivity contribution in [2.24, 2.45) is 5.92 Å². The molecule has 112 valence electrons. The summed E-state index contributed by atoms with van der Waals surface area (Å²) >= 11 is 3.49. The average Bonchev–Trinajstić information content (AvgIpc) is 2.38. The van der Waals surface area contributed by atoms with Gasteiger partial charge in [-0.1, -0.05) is 40.5 Å². The third kappa shape index (κ3) is 3.98. The second kappa shape index (κ2) is 6.48. The first-order chi connectivity index (χ1) is 9.38. The number of rotatable bonds is 3. The van der Waals surface area contributed by atoms with E-state index in [0.717, 1.165) is 16.5 Å². The zero-order chi connectivity index (χ0) is 14.8. The highest BCUT2D eigenvalue weighted by Crippen LogP contribution is 2.38. The van der Waals surface area contributed by atoms with Crippen LogP contribution in [0.3, 0.4) is 0 Å². The largest absolute Gasteiger partial charge is 0.391 e. The quantitative estimate of drug-likeness (QED) is 0.788. The fourth-order valence-electron chi connectivity index (χ4n) is 2.91.